The number of carbonyl (C=O) groups is 2. The molecule has 1 heterocycles. The van der Waals surface area contributed by atoms with Gasteiger partial charge in [0.05, 0.1) is 6.26 Å². The highest BCUT2D eigenvalue weighted by molar-refractivity contribution is 6.04. The Hall–Kier alpha value is -2.82. The van der Waals surface area contributed by atoms with Gasteiger partial charge in [-0.1, -0.05) is 17.7 Å². The van der Waals surface area contributed by atoms with Gasteiger partial charge in [-0.3, -0.25) is 9.59 Å². The summed E-state index contributed by atoms with van der Waals surface area (Å²) in [4.78, 5) is 23.4. The first kappa shape index (κ1) is 13.6. The Morgan fingerprint density at radius 2 is 2.05 bits per heavy atom. The molecule has 5 heteroatoms. The van der Waals surface area contributed by atoms with Gasteiger partial charge in [-0.05, 0) is 31.2 Å². The number of amides is 2. The summed E-state index contributed by atoms with van der Waals surface area (Å²) in [5.41, 5.74) is 6.63. The lowest BCUT2D eigenvalue weighted by molar-refractivity contribution is -0.114. The average Bonchev–Trinajstić information content (AvgIpc) is 2.90. The second-order valence-corrected chi connectivity index (χ2v) is 4.26. The van der Waals surface area contributed by atoms with Crippen molar-refractivity contribution in [2.75, 3.05) is 0 Å². The first-order valence-electron chi connectivity index (χ1n) is 5.99. The van der Waals surface area contributed by atoms with E-state index in [0.717, 1.165) is 5.56 Å². The summed E-state index contributed by atoms with van der Waals surface area (Å²) in [5.74, 6) is -0.698. The molecule has 1 aromatic carbocycles. The van der Waals surface area contributed by atoms with E-state index in [0.29, 0.717) is 11.3 Å². The van der Waals surface area contributed by atoms with E-state index < -0.39 is 11.8 Å². The third-order valence-electron chi connectivity index (χ3n) is 2.62. The van der Waals surface area contributed by atoms with Crippen LogP contribution < -0.4 is 11.1 Å². The minimum Gasteiger partial charge on any atom is -0.465 e. The molecule has 0 atom stereocenters. The predicted molar refractivity (Wildman–Crippen MR) is 74.5 cm³/mol. The van der Waals surface area contributed by atoms with Crippen molar-refractivity contribution in [3.8, 4) is 0 Å². The lowest BCUT2D eigenvalue weighted by Crippen LogP contribution is -2.31. The van der Waals surface area contributed by atoms with Gasteiger partial charge in [-0.25, -0.2) is 0 Å². The van der Waals surface area contributed by atoms with Crippen molar-refractivity contribution in [3.05, 3.63) is 65.2 Å². The van der Waals surface area contributed by atoms with Crippen LogP contribution in [0.4, 0.5) is 0 Å². The molecule has 3 N–H and O–H groups in total. The summed E-state index contributed by atoms with van der Waals surface area (Å²) < 4.78 is 5.09. The molecule has 0 aliphatic heterocycles. The van der Waals surface area contributed by atoms with Crippen LogP contribution in [0.1, 0.15) is 21.7 Å². The zero-order chi connectivity index (χ0) is 14.5. The number of nitrogens with two attached hydrogens (primary N) is 1. The van der Waals surface area contributed by atoms with E-state index in [9.17, 15) is 9.59 Å². The van der Waals surface area contributed by atoms with Crippen LogP contribution in [0.2, 0.25) is 0 Å². The lowest BCUT2D eigenvalue weighted by atomic mass is 10.1. The van der Waals surface area contributed by atoms with Crippen LogP contribution >= 0.6 is 0 Å². The van der Waals surface area contributed by atoms with Gasteiger partial charge in [-0.15, -0.1) is 0 Å². The van der Waals surface area contributed by atoms with Crippen molar-refractivity contribution in [1.29, 1.82) is 0 Å². The van der Waals surface area contributed by atoms with Gasteiger partial charge < -0.3 is 15.5 Å². The number of nitrogens with one attached hydrogen (secondary N) is 1. The number of hydrogen-bond acceptors (Lipinski definition) is 3. The van der Waals surface area contributed by atoms with Crippen molar-refractivity contribution in [1.82, 2.24) is 5.32 Å². The van der Waals surface area contributed by atoms with E-state index in [1.807, 2.05) is 13.0 Å². The fraction of sp³-hybridized carbons (Fsp3) is 0.0667. The summed E-state index contributed by atoms with van der Waals surface area (Å²) >= 11 is 0. The number of aryl methyl sites for hydroxylation is 1. The second kappa shape index (κ2) is 5.88. The van der Waals surface area contributed by atoms with Gasteiger partial charge in [0.25, 0.3) is 11.8 Å². The number of carbonyl (C=O) groups excluding carboxylic acids is 2. The zero-order valence-electron chi connectivity index (χ0n) is 10.9. The van der Waals surface area contributed by atoms with E-state index in [-0.39, 0.29) is 5.70 Å². The number of hydrogen-bond donors (Lipinski definition) is 2. The smallest absolute Gasteiger partial charge is 0.265 e. The van der Waals surface area contributed by atoms with E-state index in [2.05, 4.69) is 5.32 Å². The van der Waals surface area contributed by atoms with Crippen LogP contribution in [0.3, 0.4) is 0 Å². The number of benzene rings is 1. The van der Waals surface area contributed by atoms with Crippen LogP contribution in [0, 0.1) is 6.92 Å². The molecular formula is C15H14N2O3. The van der Waals surface area contributed by atoms with Crippen molar-refractivity contribution < 1.29 is 14.0 Å². The van der Waals surface area contributed by atoms with Crippen molar-refractivity contribution in [2.24, 2.45) is 5.73 Å². The number of furan rings is 1. The molecule has 102 valence electrons. The molecule has 0 aliphatic carbocycles. The van der Waals surface area contributed by atoms with Crippen LogP contribution in [0.15, 0.2) is 52.8 Å². The van der Waals surface area contributed by atoms with Gasteiger partial charge in [-0.2, -0.15) is 0 Å². The zero-order valence-corrected chi connectivity index (χ0v) is 10.9. The van der Waals surface area contributed by atoms with Crippen LogP contribution in [-0.2, 0) is 4.79 Å². The maximum absolute atomic E-state index is 12.0. The molecule has 0 saturated heterocycles. The summed E-state index contributed by atoms with van der Waals surface area (Å²) in [6.07, 6.45) is 2.85. The molecule has 2 rings (SSSR count). The Morgan fingerprint density at radius 1 is 1.25 bits per heavy atom. The molecule has 0 aliphatic rings. The normalized spacial score (nSPS) is 11.2. The number of rotatable bonds is 4. The fourth-order valence-corrected chi connectivity index (χ4v) is 1.67. The molecule has 5 nitrogen and oxygen atoms in total. The highest BCUT2D eigenvalue weighted by atomic mass is 16.3. The van der Waals surface area contributed by atoms with Gasteiger partial charge in [0.2, 0.25) is 0 Å². The van der Waals surface area contributed by atoms with Crippen molar-refractivity contribution in [2.45, 2.75) is 6.92 Å². The largest absolute Gasteiger partial charge is 0.465 e. The van der Waals surface area contributed by atoms with Gasteiger partial charge in [0, 0.05) is 11.6 Å². The SMILES string of the molecule is Cc1cccc(C(=O)NC(=Cc2ccco2)C(N)=O)c1. The predicted octanol–water partition coefficient (Wildman–Crippen LogP) is 1.84. The van der Waals surface area contributed by atoms with Crippen molar-refractivity contribution in [3.63, 3.8) is 0 Å². The molecule has 0 unspecified atom stereocenters. The Kier molecular flexibility index (Phi) is 4.00. The standard InChI is InChI=1S/C15H14N2O3/c1-10-4-2-5-11(8-10)15(19)17-13(14(16)18)9-12-6-3-7-20-12/h2-9H,1H3,(H2,16,18)(H,17,19). The molecule has 0 radical (unpaired) electrons. The van der Waals surface area contributed by atoms with Crippen LogP contribution in [0.5, 0.6) is 0 Å². The lowest BCUT2D eigenvalue weighted by Gasteiger charge is -2.06. The Bertz CT molecular complexity index is 658. The van der Waals surface area contributed by atoms with Gasteiger partial charge in [0.15, 0.2) is 0 Å². The highest BCUT2D eigenvalue weighted by Crippen LogP contribution is 2.08. The second-order valence-electron chi connectivity index (χ2n) is 4.26. The van der Waals surface area contributed by atoms with E-state index in [4.69, 9.17) is 10.2 Å². The van der Waals surface area contributed by atoms with Gasteiger partial charge >= 0.3 is 0 Å². The van der Waals surface area contributed by atoms with Crippen molar-refractivity contribution >= 4 is 17.9 Å². The summed E-state index contributed by atoms with van der Waals surface area (Å²) in [7, 11) is 0. The first-order chi connectivity index (χ1) is 9.56. The highest BCUT2D eigenvalue weighted by Gasteiger charge is 2.12. The first-order valence-corrected chi connectivity index (χ1v) is 5.99. The van der Waals surface area contributed by atoms with Gasteiger partial charge in [0.1, 0.15) is 11.5 Å². The monoisotopic (exact) mass is 270 g/mol. The molecule has 0 spiro atoms. The summed E-state index contributed by atoms with van der Waals surface area (Å²) in [6.45, 7) is 1.88. The Labute approximate surface area is 116 Å². The minimum absolute atomic E-state index is 0.0218. The maximum Gasteiger partial charge on any atom is 0.265 e. The third kappa shape index (κ3) is 3.35. The number of primary amides is 1. The van der Waals surface area contributed by atoms with E-state index >= 15 is 0 Å². The molecule has 0 saturated carbocycles. The third-order valence-corrected chi connectivity index (χ3v) is 2.62. The molecule has 1 aromatic heterocycles. The van der Waals surface area contributed by atoms with Crippen LogP contribution in [0.25, 0.3) is 6.08 Å². The summed E-state index contributed by atoms with van der Waals surface area (Å²) in [6, 6.07) is 10.4. The molecule has 0 fully saturated rings. The summed E-state index contributed by atoms with van der Waals surface area (Å²) in [5, 5.41) is 2.49. The molecular weight excluding hydrogens is 256 g/mol. The quantitative estimate of drug-likeness (QED) is 0.831. The Balaban J connectivity index is 2.21. The molecule has 2 amide bonds. The molecule has 0 bridgehead atoms. The maximum atomic E-state index is 12.0. The topological polar surface area (TPSA) is 85.3 Å². The minimum atomic E-state index is -0.734. The fourth-order valence-electron chi connectivity index (χ4n) is 1.67. The van der Waals surface area contributed by atoms with Crippen LogP contribution in [-0.4, -0.2) is 11.8 Å². The van der Waals surface area contributed by atoms with E-state index in [1.54, 1.807) is 30.3 Å². The Morgan fingerprint density at radius 3 is 2.65 bits per heavy atom. The molecule has 20 heavy (non-hydrogen) atoms. The average molecular weight is 270 g/mol. The van der Waals surface area contributed by atoms with E-state index in [1.165, 1.54) is 12.3 Å². The molecule has 2 aromatic rings.